The maximum Gasteiger partial charge on any atom is 0.264 e. The average Bonchev–Trinajstić information content (AvgIpc) is 3.27. The van der Waals surface area contributed by atoms with Gasteiger partial charge in [-0.1, -0.05) is 91.9 Å². The summed E-state index contributed by atoms with van der Waals surface area (Å²) in [5.41, 5.74) is 5.93. The first-order valence-electron chi connectivity index (χ1n) is 11.7. The average molecular weight is 439 g/mol. The van der Waals surface area contributed by atoms with E-state index in [2.05, 4.69) is 85.8 Å². The van der Waals surface area contributed by atoms with E-state index in [4.69, 9.17) is 4.98 Å². The normalized spacial score (nSPS) is 18.0. The van der Waals surface area contributed by atoms with E-state index < -0.39 is 0 Å². The molecule has 2 heterocycles. The Bertz CT molecular complexity index is 1840. The molecule has 0 spiro atoms. The fourth-order valence-corrected chi connectivity index (χ4v) is 5.58. The largest absolute Gasteiger partial charge is 0.268 e. The number of nitrogens with zero attached hydrogens (tertiary/aromatic N) is 2. The molecule has 7 rings (SSSR count). The van der Waals surface area contributed by atoms with Gasteiger partial charge in [-0.15, -0.1) is 0 Å². The van der Waals surface area contributed by atoms with Gasteiger partial charge in [0.2, 0.25) is 0 Å². The van der Waals surface area contributed by atoms with Crippen LogP contribution in [-0.2, 0) is 0 Å². The van der Waals surface area contributed by atoms with Crippen LogP contribution in [0.2, 0.25) is 0 Å². The quantitative estimate of drug-likeness (QED) is 0.289. The highest BCUT2D eigenvalue weighted by atomic mass is 16.1. The molecule has 0 saturated carbocycles. The molecule has 0 saturated heterocycles. The fourth-order valence-electron chi connectivity index (χ4n) is 5.58. The van der Waals surface area contributed by atoms with E-state index in [1.807, 2.05) is 28.7 Å². The number of hydrogen-bond donors (Lipinski definition) is 0. The number of hydrogen-bond acceptors (Lipinski definition) is 2. The number of allylic oxidation sites excluding steroid dienone is 4. The smallest absolute Gasteiger partial charge is 0.264 e. The van der Waals surface area contributed by atoms with E-state index in [9.17, 15) is 4.79 Å². The van der Waals surface area contributed by atoms with Crippen molar-refractivity contribution in [2.45, 2.75) is 12.8 Å². The van der Waals surface area contributed by atoms with Crippen molar-refractivity contribution in [1.82, 2.24) is 9.38 Å². The Kier molecular flexibility index (Phi) is 4.04. The van der Waals surface area contributed by atoms with E-state index in [1.54, 1.807) is 0 Å². The summed E-state index contributed by atoms with van der Waals surface area (Å²) in [6, 6.07) is 27.0. The third-order valence-electron chi connectivity index (χ3n) is 7.27. The second kappa shape index (κ2) is 7.13. The van der Waals surface area contributed by atoms with Crippen molar-refractivity contribution in [1.29, 1.82) is 0 Å². The predicted molar refractivity (Wildman–Crippen MR) is 141 cm³/mol. The molecule has 34 heavy (non-hydrogen) atoms. The maximum atomic E-state index is 13.9. The summed E-state index contributed by atoms with van der Waals surface area (Å²) in [7, 11) is 0. The van der Waals surface area contributed by atoms with Gasteiger partial charge in [0.1, 0.15) is 5.65 Å². The Balaban J connectivity index is 1.56. The van der Waals surface area contributed by atoms with E-state index in [-0.39, 0.29) is 5.56 Å². The van der Waals surface area contributed by atoms with Crippen LogP contribution in [0.25, 0.3) is 49.4 Å². The Morgan fingerprint density at radius 2 is 1.62 bits per heavy atom. The van der Waals surface area contributed by atoms with Crippen molar-refractivity contribution >= 4 is 38.2 Å². The standard InChI is InChI=1S/C31H22N2O/c1-19-8-5-6-11-22(19)21-14-17-27-28(18-21)33-30(32-27)25-13-7-12-24-23(20-9-3-2-4-10-20)15-16-26(29(24)25)31(33)34/h2-19,22H,1H3. The SMILES string of the molecule is CC1C=CC=CC1c1ccc2nc3c4cccc5c(-c6ccccc6)ccc(c(=O)n3c2c1)c54. The lowest BCUT2D eigenvalue weighted by Gasteiger charge is -2.20. The molecule has 6 aromatic rings. The number of aromatic nitrogens is 2. The third-order valence-corrected chi connectivity index (χ3v) is 7.27. The van der Waals surface area contributed by atoms with Gasteiger partial charge in [-0.3, -0.25) is 9.20 Å². The molecule has 162 valence electrons. The van der Waals surface area contributed by atoms with Gasteiger partial charge in [0, 0.05) is 22.1 Å². The van der Waals surface area contributed by atoms with Crippen molar-refractivity contribution in [3.63, 3.8) is 0 Å². The highest BCUT2D eigenvalue weighted by Crippen LogP contribution is 2.37. The van der Waals surface area contributed by atoms with Gasteiger partial charge in [-0.05, 0) is 46.2 Å². The Labute approximate surface area is 196 Å². The number of fused-ring (bicyclic) bond motifs is 4. The van der Waals surface area contributed by atoms with Gasteiger partial charge >= 0.3 is 0 Å². The van der Waals surface area contributed by atoms with Crippen LogP contribution in [0.4, 0.5) is 0 Å². The van der Waals surface area contributed by atoms with Crippen LogP contribution in [0, 0.1) is 5.92 Å². The summed E-state index contributed by atoms with van der Waals surface area (Å²) in [6.07, 6.45) is 8.67. The van der Waals surface area contributed by atoms with E-state index in [1.165, 1.54) is 5.56 Å². The Morgan fingerprint density at radius 3 is 2.47 bits per heavy atom. The fraction of sp³-hybridized carbons (Fsp3) is 0.0968. The molecule has 4 aromatic carbocycles. The molecule has 0 bridgehead atoms. The van der Waals surface area contributed by atoms with Crippen molar-refractivity contribution in [3.05, 3.63) is 119 Å². The topological polar surface area (TPSA) is 34.4 Å². The van der Waals surface area contributed by atoms with Crippen LogP contribution in [0.1, 0.15) is 18.4 Å². The first-order valence-corrected chi connectivity index (χ1v) is 11.7. The first kappa shape index (κ1) is 19.2. The molecule has 1 aliphatic carbocycles. The summed E-state index contributed by atoms with van der Waals surface area (Å²) in [5.74, 6) is 0.705. The summed E-state index contributed by atoms with van der Waals surface area (Å²) < 4.78 is 1.81. The van der Waals surface area contributed by atoms with Crippen LogP contribution in [-0.4, -0.2) is 9.38 Å². The minimum atomic E-state index is -0.00917. The van der Waals surface area contributed by atoms with Gasteiger partial charge < -0.3 is 0 Å². The lowest BCUT2D eigenvalue weighted by atomic mass is 9.84. The second-order valence-electron chi connectivity index (χ2n) is 9.23. The number of imidazole rings is 1. The third kappa shape index (κ3) is 2.64. The zero-order valence-corrected chi connectivity index (χ0v) is 18.8. The molecular formula is C31H22N2O. The number of rotatable bonds is 2. The van der Waals surface area contributed by atoms with Crippen LogP contribution < -0.4 is 5.56 Å². The summed E-state index contributed by atoms with van der Waals surface area (Å²) in [5, 5.41) is 3.82. The molecule has 3 heteroatoms. The van der Waals surface area contributed by atoms with Gasteiger partial charge in [-0.25, -0.2) is 4.98 Å². The molecule has 2 atom stereocenters. The van der Waals surface area contributed by atoms with Gasteiger partial charge in [0.15, 0.2) is 0 Å². The highest BCUT2D eigenvalue weighted by molar-refractivity contribution is 6.19. The summed E-state index contributed by atoms with van der Waals surface area (Å²) in [6.45, 7) is 2.23. The van der Waals surface area contributed by atoms with Crippen molar-refractivity contribution in [2.75, 3.05) is 0 Å². The van der Waals surface area contributed by atoms with E-state index >= 15 is 0 Å². The van der Waals surface area contributed by atoms with Crippen LogP contribution >= 0.6 is 0 Å². The highest BCUT2D eigenvalue weighted by Gasteiger charge is 2.20. The maximum absolute atomic E-state index is 13.9. The number of benzene rings is 4. The molecular weight excluding hydrogens is 416 g/mol. The van der Waals surface area contributed by atoms with Crippen LogP contribution in [0.5, 0.6) is 0 Å². The lowest BCUT2D eigenvalue weighted by Crippen LogP contribution is -2.14. The zero-order chi connectivity index (χ0) is 22.8. The molecule has 0 radical (unpaired) electrons. The monoisotopic (exact) mass is 438 g/mol. The first-order chi connectivity index (χ1) is 16.7. The van der Waals surface area contributed by atoms with E-state index in [0.29, 0.717) is 11.8 Å². The van der Waals surface area contributed by atoms with Gasteiger partial charge in [-0.2, -0.15) is 0 Å². The zero-order valence-electron chi connectivity index (χ0n) is 18.8. The molecule has 1 aliphatic rings. The van der Waals surface area contributed by atoms with Crippen LogP contribution in [0.3, 0.4) is 0 Å². The molecule has 3 nitrogen and oxygen atoms in total. The Morgan fingerprint density at radius 1 is 0.794 bits per heavy atom. The van der Waals surface area contributed by atoms with Crippen molar-refractivity contribution in [3.8, 4) is 11.1 Å². The predicted octanol–water partition coefficient (Wildman–Crippen LogP) is 7.10. The summed E-state index contributed by atoms with van der Waals surface area (Å²) in [4.78, 5) is 18.8. The van der Waals surface area contributed by atoms with Crippen molar-refractivity contribution in [2.24, 2.45) is 5.92 Å². The molecule has 2 aromatic heterocycles. The molecule has 0 amide bonds. The molecule has 0 aliphatic heterocycles. The van der Waals surface area contributed by atoms with Crippen LogP contribution in [0.15, 0.2) is 108 Å². The summed E-state index contributed by atoms with van der Waals surface area (Å²) >= 11 is 0. The van der Waals surface area contributed by atoms with Gasteiger partial charge in [0.25, 0.3) is 5.56 Å². The van der Waals surface area contributed by atoms with Gasteiger partial charge in [0.05, 0.1) is 11.0 Å². The minimum Gasteiger partial charge on any atom is -0.268 e. The second-order valence-corrected chi connectivity index (χ2v) is 9.23. The van der Waals surface area contributed by atoms with E-state index in [0.717, 1.165) is 49.4 Å². The molecule has 2 unspecified atom stereocenters. The van der Waals surface area contributed by atoms with Crippen molar-refractivity contribution < 1.29 is 0 Å². The lowest BCUT2D eigenvalue weighted by molar-refractivity contribution is 0.636. The number of pyridine rings is 1. The molecule has 0 N–H and O–H groups in total. The Hall–Kier alpha value is -4.24. The molecule has 0 fully saturated rings. The minimum absolute atomic E-state index is 0.00917.